The van der Waals surface area contributed by atoms with Gasteiger partial charge in [0.05, 0.1) is 5.69 Å². The fourth-order valence-electron chi connectivity index (χ4n) is 1.98. The van der Waals surface area contributed by atoms with E-state index in [1.165, 1.54) is 37.2 Å². The van der Waals surface area contributed by atoms with Gasteiger partial charge in [0.2, 0.25) is 5.95 Å². The van der Waals surface area contributed by atoms with Crippen molar-refractivity contribution < 1.29 is 13.6 Å². The van der Waals surface area contributed by atoms with Crippen LogP contribution in [0.4, 0.5) is 14.5 Å². The molecule has 0 saturated carbocycles. The van der Waals surface area contributed by atoms with Crippen LogP contribution >= 0.6 is 0 Å². The number of anilines is 1. The fraction of sp³-hybridized carbons (Fsp3) is 0.286. The lowest BCUT2D eigenvalue weighted by Gasteiger charge is -2.17. The first-order chi connectivity index (χ1) is 9.45. The summed E-state index contributed by atoms with van der Waals surface area (Å²) >= 11 is 0. The van der Waals surface area contributed by atoms with E-state index in [0.717, 1.165) is 4.68 Å². The van der Waals surface area contributed by atoms with E-state index in [4.69, 9.17) is 0 Å². The Morgan fingerprint density at radius 2 is 2.10 bits per heavy atom. The number of aryl methyl sites for hydroxylation is 2. The van der Waals surface area contributed by atoms with Gasteiger partial charge in [0.25, 0.3) is 5.91 Å². The maximum Gasteiger partial charge on any atom is 0.264 e. The highest BCUT2D eigenvalue weighted by Gasteiger charge is 2.25. The highest BCUT2D eigenvalue weighted by Crippen LogP contribution is 2.20. The van der Waals surface area contributed by atoms with E-state index in [-0.39, 0.29) is 5.56 Å². The molecule has 2 rings (SSSR count). The van der Waals surface area contributed by atoms with Crippen LogP contribution in [0.15, 0.2) is 24.3 Å². The van der Waals surface area contributed by atoms with Crippen LogP contribution in [0, 0.1) is 11.8 Å². The van der Waals surface area contributed by atoms with E-state index < -0.39 is 17.7 Å². The molecule has 0 N–H and O–H groups in total. The van der Waals surface area contributed by atoms with Crippen molar-refractivity contribution in [3.05, 3.63) is 47.3 Å². The molecule has 1 amide bonds. The van der Waals surface area contributed by atoms with Crippen molar-refractivity contribution in [3.8, 4) is 0 Å². The lowest BCUT2D eigenvalue weighted by Crippen LogP contribution is -2.27. The minimum absolute atomic E-state index is 0.0678. The maximum absolute atomic E-state index is 14.0. The van der Waals surface area contributed by atoms with Crippen molar-refractivity contribution in [3.63, 3.8) is 0 Å². The Morgan fingerprint density at radius 1 is 1.40 bits per heavy atom. The molecule has 6 heteroatoms. The summed E-state index contributed by atoms with van der Waals surface area (Å²) in [5.41, 5.74) is 0.681. The Kier molecular flexibility index (Phi) is 3.83. The average Bonchev–Trinajstić information content (AvgIpc) is 2.72. The topological polar surface area (TPSA) is 38.1 Å². The number of nitrogens with zero attached hydrogens (tertiary/aromatic N) is 3. The number of carbonyl (C=O) groups is 1. The normalized spacial score (nSPS) is 10.7. The number of hydrogen-bond donors (Lipinski definition) is 0. The number of amides is 1. The summed E-state index contributed by atoms with van der Waals surface area (Å²) in [5.74, 6) is -1.68. The molecule has 1 aromatic heterocycles. The van der Waals surface area contributed by atoms with Crippen molar-refractivity contribution in [2.24, 2.45) is 7.05 Å². The van der Waals surface area contributed by atoms with Crippen molar-refractivity contribution in [1.82, 2.24) is 9.78 Å². The van der Waals surface area contributed by atoms with Gasteiger partial charge in [-0.1, -0.05) is 13.0 Å². The number of aromatic nitrogens is 2. The van der Waals surface area contributed by atoms with Gasteiger partial charge in [-0.25, -0.2) is 9.07 Å². The second kappa shape index (κ2) is 5.40. The molecule has 0 unspecified atom stereocenters. The standard InChI is InChI=1S/C14H15F2N3O/c1-4-11-12(13(16)19(3)17-11)14(20)18(2)10-7-5-6-9(15)8-10/h5-8H,4H2,1-3H3. The second-order valence-corrected chi connectivity index (χ2v) is 4.43. The largest absolute Gasteiger partial charge is 0.311 e. The van der Waals surface area contributed by atoms with Gasteiger partial charge < -0.3 is 4.90 Å². The van der Waals surface area contributed by atoms with Crippen LogP contribution < -0.4 is 4.90 Å². The summed E-state index contributed by atoms with van der Waals surface area (Å²) < 4.78 is 28.2. The predicted octanol–water partition coefficient (Wildman–Crippen LogP) is 2.54. The van der Waals surface area contributed by atoms with Crippen LogP contribution in [0.25, 0.3) is 0 Å². The lowest BCUT2D eigenvalue weighted by molar-refractivity contribution is 0.0987. The molecule has 0 aliphatic carbocycles. The summed E-state index contributed by atoms with van der Waals surface area (Å²) in [6, 6.07) is 5.58. The third-order valence-corrected chi connectivity index (χ3v) is 3.10. The van der Waals surface area contributed by atoms with Gasteiger partial charge in [-0.15, -0.1) is 0 Å². The first-order valence-corrected chi connectivity index (χ1v) is 6.20. The van der Waals surface area contributed by atoms with E-state index in [2.05, 4.69) is 5.10 Å². The molecular formula is C14H15F2N3O. The quantitative estimate of drug-likeness (QED) is 0.866. The summed E-state index contributed by atoms with van der Waals surface area (Å²) in [6.07, 6.45) is 0.440. The molecule has 0 bridgehead atoms. The molecule has 0 atom stereocenters. The smallest absolute Gasteiger partial charge is 0.264 e. The third-order valence-electron chi connectivity index (χ3n) is 3.10. The Morgan fingerprint density at radius 3 is 2.70 bits per heavy atom. The molecule has 0 saturated heterocycles. The molecule has 1 aromatic carbocycles. The number of rotatable bonds is 3. The highest BCUT2D eigenvalue weighted by molar-refractivity contribution is 6.06. The van der Waals surface area contributed by atoms with E-state index >= 15 is 0 Å². The minimum atomic E-state index is -0.685. The van der Waals surface area contributed by atoms with Crippen LogP contribution in [0.1, 0.15) is 23.0 Å². The van der Waals surface area contributed by atoms with Gasteiger partial charge in [0.15, 0.2) is 0 Å². The molecule has 2 aromatic rings. The van der Waals surface area contributed by atoms with Crippen LogP contribution in [-0.2, 0) is 13.5 Å². The predicted molar refractivity (Wildman–Crippen MR) is 71.7 cm³/mol. The van der Waals surface area contributed by atoms with Gasteiger partial charge in [-0.05, 0) is 24.6 Å². The zero-order chi connectivity index (χ0) is 14.9. The molecule has 0 radical (unpaired) electrons. The lowest BCUT2D eigenvalue weighted by atomic mass is 10.1. The molecule has 0 aliphatic rings. The van der Waals surface area contributed by atoms with Crippen LogP contribution in [0.5, 0.6) is 0 Å². The maximum atomic E-state index is 14.0. The Bertz CT molecular complexity index is 652. The average molecular weight is 279 g/mol. The zero-order valence-electron chi connectivity index (χ0n) is 11.5. The third kappa shape index (κ3) is 2.41. The highest BCUT2D eigenvalue weighted by atomic mass is 19.1. The van der Waals surface area contributed by atoms with Gasteiger partial charge in [0.1, 0.15) is 11.4 Å². The van der Waals surface area contributed by atoms with E-state index in [1.54, 1.807) is 13.0 Å². The SMILES string of the molecule is CCc1nn(C)c(F)c1C(=O)N(C)c1cccc(F)c1. The molecule has 4 nitrogen and oxygen atoms in total. The molecular weight excluding hydrogens is 264 g/mol. The molecule has 0 spiro atoms. The van der Waals surface area contributed by atoms with E-state index in [1.807, 2.05) is 0 Å². The Hall–Kier alpha value is -2.24. The molecule has 20 heavy (non-hydrogen) atoms. The zero-order valence-corrected chi connectivity index (χ0v) is 11.5. The molecule has 0 aliphatic heterocycles. The number of halogens is 2. The van der Waals surface area contributed by atoms with Crippen LogP contribution in [0.2, 0.25) is 0 Å². The van der Waals surface area contributed by atoms with Crippen molar-refractivity contribution in [1.29, 1.82) is 0 Å². The summed E-state index contributed by atoms with van der Waals surface area (Å²) in [6.45, 7) is 1.79. The second-order valence-electron chi connectivity index (χ2n) is 4.43. The van der Waals surface area contributed by atoms with Crippen molar-refractivity contribution >= 4 is 11.6 Å². The van der Waals surface area contributed by atoms with Gasteiger partial charge in [-0.2, -0.15) is 9.49 Å². The summed E-state index contributed by atoms with van der Waals surface area (Å²) in [5, 5.41) is 3.96. The van der Waals surface area contributed by atoms with E-state index in [0.29, 0.717) is 17.8 Å². The monoisotopic (exact) mass is 279 g/mol. The molecule has 1 heterocycles. The Balaban J connectivity index is 2.41. The van der Waals surface area contributed by atoms with Gasteiger partial charge in [-0.3, -0.25) is 4.79 Å². The number of hydrogen-bond acceptors (Lipinski definition) is 2. The number of carbonyl (C=O) groups excluding carboxylic acids is 1. The first-order valence-electron chi connectivity index (χ1n) is 6.20. The van der Waals surface area contributed by atoms with Crippen LogP contribution in [0.3, 0.4) is 0 Å². The molecule has 106 valence electrons. The number of benzene rings is 1. The fourth-order valence-corrected chi connectivity index (χ4v) is 1.98. The van der Waals surface area contributed by atoms with Crippen molar-refractivity contribution in [2.45, 2.75) is 13.3 Å². The van der Waals surface area contributed by atoms with Crippen molar-refractivity contribution in [2.75, 3.05) is 11.9 Å². The Labute approximate surface area is 115 Å². The van der Waals surface area contributed by atoms with Crippen LogP contribution in [-0.4, -0.2) is 22.7 Å². The molecule has 0 fully saturated rings. The van der Waals surface area contributed by atoms with Gasteiger partial charge >= 0.3 is 0 Å². The minimum Gasteiger partial charge on any atom is -0.311 e. The van der Waals surface area contributed by atoms with E-state index in [9.17, 15) is 13.6 Å². The summed E-state index contributed by atoms with van der Waals surface area (Å²) in [7, 11) is 2.91. The van der Waals surface area contributed by atoms with Gasteiger partial charge in [0, 0.05) is 19.8 Å². The summed E-state index contributed by atoms with van der Waals surface area (Å²) in [4.78, 5) is 13.6. The first kappa shape index (κ1) is 14.2.